The molecule has 0 unspecified atom stereocenters. The monoisotopic (exact) mass is 443 g/mol. The summed E-state index contributed by atoms with van der Waals surface area (Å²) in [7, 11) is 2.97. The third-order valence-corrected chi connectivity index (χ3v) is 5.68. The number of hydrogen-bond donors (Lipinski definition) is 2. The van der Waals surface area contributed by atoms with E-state index >= 15 is 0 Å². The summed E-state index contributed by atoms with van der Waals surface area (Å²) in [5, 5.41) is 2.84. The maximum Gasteiger partial charge on any atom is 0.328 e. The molecular weight excluding hydrogens is 422 g/mol. The fourth-order valence-corrected chi connectivity index (χ4v) is 3.91. The highest BCUT2D eigenvalue weighted by Gasteiger charge is 2.21. The zero-order valence-electron chi connectivity index (χ0n) is 17.2. The lowest BCUT2D eigenvalue weighted by Gasteiger charge is -2.36. The Bertz CT molecular complexity index is 1260. The Hall–Kier alpha value is -3.24. The highest BCUT2D eigenvalue weighted by Crippen LogP contribution is 2.25. The predicted octanol–water partition coefficient (Wildman–Crippen LogP) is 0.352. The lowest BCUT2D eigenvalue weighted by Crippen LogP contribution is -2.46. The smallest absolute Gasteiger partial charge is 0.328 e. The molecule has 3 aromatic heterocycles. The van der Waals surface area contributed by atoms with E-state index in [9.17, 15) is 14.4 Å². The highest BCUT2D eigenvalue weighted by atomic mass is 35.5. The molecule has 11 heteroatoms. The van der Waals surface area contributed by atoms with Gasteiger partial charge in [0.25, 0.3) is 11.5 Å². The molecule has 0 spiro atoms. The normalized spacial score (nSPS) is 14.7. The van der Waals surface area contributed by atoms with Crippen molar-refractivity contribution in [3.8, 4) is 0 Å². The van der Waals surface area contributed by atoms with Crippen LogP contribution in [-0.2, 0) is 13.6 Å². The van der Waals surface area contributed by atoms with Gasteiger partial charge in [-0.15, -0.1) is 0 Å². The number of rotatable bonds is 4. The summed E-state index contributed by atoms with van der Waals surface area (Å²) >= 11 is 6.31. The zero-order valence-corrected chi connectivity index (χ0v) is 17.9. The topological polar surface area (TPSA) is 116 Å². The van der Waals surface area contributed by atoms with Crippen LogP contribution in [0.4, 0.5) is 5.69 Å². The second-order valence-electron chi connectivity index (χ2n) is 7.38. The van der Waals surface area contributed by atoms with Crippen LogP contribution < -0.4 is 21.5 Å². The maximum atomic E-state index is 12.2. The Balaban J connectivity index is 1.44. The molecular formula is C20H22ClN7O3. The van der Waals surface area contributed by atoms with E-state index in [0.29, 0.717) is 17.2 Å². The number of piperazine rings is 1. The van der Waals surface area contributed by atoms with Crippen molar-refractivity contribution < 1.29 is 4.79 Å². The minimum atomic E-state index is -0.460. The number of nitrogens with zero attached hydrogens (tertiary/aromatic N) is 5. The number of anilines is 1. The molecule has 0 aliphatic carbocycles. The first-order chi connectivity index (χ1) is 14.9. The van der Waals surface area contributed by atoms with Gasteiger partial charge in [0.05, 0.1) is 11.2 Å². The SMILES string of the molecule is CNC(=O)c1ccc(N2CCN(Cc3cnc4c(=O)n(C)c(=O)[nH]c4c3)CC2)c(Cl)n1. The van der Waals surface area contributed by atoms with Gasteiger partial charge in [-0.1, -0.05) is 11.6 Å². The van der Waals surface area contributed by atoms with E-state index in [4.69, 9.17) is 11.6 Å². The molecule has 0 saturated carbocycles. The zero-order chi connectivity index (χ0) is 22.1. The molecule has 0 aromatic carbocycles. The minimum absolute atomic E-state index is 0.248. The van der Waals surface area contributed by atoms with Crippen LogP contribution in [0.3, 0.4) is 0 Å². The van der Waals surface area contributed by atoms with E-state index in [1.54, 1.807) is 25.4 Å². The first-order valence-electron chi connectivity index (χ1n) is 9.81. The molecule has 0 radical (unpaired) electrons. The molecule has 0 bridgehead atoms. The van der Waals surface area contributed by atoms with Crippen LogP contribution in [0, 0.1) is 0 Å². The molecule has 4 rings (SSSR count). The van der Waals surface area contributed by atoms with Crippen LogP contribution in [0.2, 0.25) is 5.15 Å². The molecule has 1 saturated heterocycles. The summed E-state index contributed by atoms with van der Waals surface area (Å²) in [4.78, 5) is 51.3. The van der Waals surface area contributed by atoms with Crippen molar-refractivity contribution in [2.75, 3.05) is 38.1 Å². The number of pyridine rings is 2. The van der Waals surface area contributed by atoms with E-state index in [-0.39, 0.29) is 17.1 Å². The number of aromatic nitrogens is 4. The Kier molecular flexibility index (Phi) is 5.75. The van der Waals surface area contributed by atoms with Crippen LogP contribution >= 0.6 is 11.6 Å². The van der Waals surface area contributed by atoms with Crippen LogP contribution in [0.1, 0.15) is 16.1 Å². The number of nitrogens with one attached hydrogen (secondary N) is 2. The number of H-pyrrole nitrogens is 1. The minimum Gasteiger partial charge on any atom is -0.366 e. The predicted molar refractivity (Wildman–Crippen MR) is 118 cm³/mol. The number of halogens is 1. The van der Waals surface area contributed by atoms with Crippen LogP contribution in [0.25, 0.3) is 11.0 Å². The number of fused-ring (bicyclic) bond motifs is 1. The van der Waals surface area contributed by atoms with E-state index in [2.05, 4.69) is 30.1 Å². The summed E-state index contributed by atoms with van der Waals surface area (Å²) in [6, 6.07) is 5.29. The van der Waals surface area contributed by atoms with Crippen molar-refractivity contribution in [2.24, 2.45) is 7.05 Å². The summed E-state index contributed by atoms with van der Waals surface area (Å²) in [5.41, 5.74) is 1.82. The van der Waals surface area contributed by atoms with Gasteiger partial charge < -0.3 is 15.2 Å². The number of carbonyl (C=O) groups excluding carboxylic acids is 1. The lowest BCUT2D eigenvalue weighted by molar-refractivity contribution is 0.0958. The van der Waals surface area contributed by atoms with Crippen LogP contribution in [0.15, 0.2) is 34.0 Å². The number of amides is 1. The molecule has 10 nitrogen and oxygen atoms in total. The van der Waals surface area contributed by atoms with E-state index in [1.807, 2.05) is 6.07 Å². The Morgan fingerprint density at radius 2 is 1.97 bits per heavy atom. The van der Waals surface area contributed by atoms with Gasteiger partial charge in [0.2, 0.25) is 0 Å². The van der Waals surface area contributed by atoms with Crippen molar-refractivity contribution in [2.45, 2.75) is 6.54 Å². The Morgan fingerprint density at radius 3 is 2.65 bits per heavy atom. The number of aromatic amines is 1. The van der Waals surface area contributed by atoms with Gasteiger partial charge in [-0.25, -0.2) is 14.8 Å². The summed E-state index contributed by atoms with van der Waals surface area (Å²) < 4.78 is 1.01. The summed E-state index contributed by atoms with van der Waals surface area (Å²) in [6.45, 7) is 3.73. The first kappa shape index (κ1) is 21.0. The Labute approximate surface area is 182 Å². The van der Waals surface area contributed by atoms with Crippen LogP contribution in [-0.4, -0.2) is 63.6 Å². The van der Waals surface area contributed by atoms with Crippen molar-refractivity contribution in [3.05, 3.63) is 61.6 Å². The average Bonchev–Trinajstić information content (AvgIpc) is 2.77. The fraction of sp³-hybridized carbons (Fsp3) is 0.350. The van der Waals surface area contributed by atoms with Gasteiger partial charge in [-0.2, -0.15) is 0 Å². The molecule has 1 aliphatic heterocycles. The summed E-state index contributed by atoms with van der Waals surface area (Å²) in [5.74, 6) is -0.276. The summed E-state index contributed by atoms with van der Waals surface area (Å²) in [6.07, 6.45) is 1.67. The van der Waals surface area contributed by atoms with Crippen molar-refractivity contribution in [1.29, 1.82) is 0 Å². The van der Waals surface area contributed by atoms with Crippen molar-refractivity contribution >= 4 is 34.2 Å². The molecule has 162 valence electrons. The molecule has 3 aromatic rings. The van der Waals surface area contributed by atoms with Gasteiger partial charge in [0.1, 0.15) is 5.69 Å². The molecule has 2 N–H and O–H groups in total. The largest absolute Gasteiger partial charge is 0.366 e. The number of hydrogen-bond acceptors (Lipinski definition) is 7. The molecule has 1 amide bonds. The lowest BCUT2D eigenvalue weighted by atomic mass is 10.2. The average molecular weight is 444 g/mol. The third-order valence-electron chi connectivity index (χ3n) is 5.41. The van der Waals surface area contributed by atoms with Crippen LogP contribution in [0.5, 0.6) is 0 Å². The van der Waals surface area contributed by atoms with Gasteiger partial charge in [-0.05, 0) is 23.8 Å². The van der Waals surface area contributed by atoms with Gasteiger partial charge >= 0.3 is 5.69 Å². The van der Waals surface area contributed by atoms with Crippen molar-refractivity contribution in [3.63, 3.8) is 0 Å². The number of carbonyl (C=O) groups is 1. The Morgan fingerprint density at radius 1 is 1.23 bits per heavy atom. The molecule has 1 aliphatic rings. The standard InChI is InChI=1S/C20H22ClN7O3/c1-22-18(29)13-3-4-15(17(21)24-13)28-7-5-27(6-8-28)11-12-9-14-16(23-10-12)19(30)26(2)20(31)25-14/h3-4,9-10H,5-8,11H2,1-2H3,(H,22,29)(H,25,31). The van der Waals surface area contributed by atoms with Crippen molar-refractivity contribution in [1.82, 2.24) is 29.7 Å². The molecule has 0 atom stereocenters. The maximum absolute atomic E-state index is 12.2. The quantitative estimate of drug-likeness (QED) is 0.559. The van der Waals surface area contributed by atoms with Gasteiger partial charge in [0, 0.05) is 53.0 Å². The van der Waals surface area contributed by atoms with E-state index in [0.717, 1.165) is 42.0 Å². The molecule has 1 fully saturated rings. The molecule has 4 heterocycles. The third kappa shape index (κ3) is 4.17. The second-order valence-corrected chi connectivity index (χ2v) is 7.74. The fourth-order valence-electron chi connectivity index (χ4n) is 3.63. The highest BCUT2D eigenvalue weighted by molar-refractivity contribution is 6.32. The van der Waals surface area contributed by atoms with E-state index in [1.165, 1.54) is 7.05 Å². The van der Waals surface area contributed by atoms with Gasteiger partial charge in [0.15, 0.2) is 10.7 Å². The second kappa shape index (κ2) is 8.48. The molecule has 31 heavy (non-hydrogen) atoms. The van der Waals surface area contributed by atoms with Gasteiger partial charge in [-0.3, -0.25) is 19.1 Å². The first-order valence-corrected chi connectivity index (χ1v) is 10.2. The van der Waals surface area contributed by atoms with E-state index < -0.39 is 11.2 Å².